The molecule has 7 aliphatic heterocycles. The van der Waals surface area contributed by atoms with Gasteiger partial charge in [0.15, 0.2) is 17.3 Å². The van der Waals surface area contributed by atoms with E-state index in [2.05, 4.69) is 10.3 Å². The zero-order chi connectivity index (χ0) is 101. The van der Waals surface area contributed by atoms with Crippen molar-refractivity contribution >= 4 is 117 Å². The van der Waals surface area contributed by atoms with E-state index in [-0.39, 0.29) is 132 Å². The number of aromatic amines is 1. The highest BCUT2D eigenvalue weighted by Crippen LogP contribution is 2.37. The van der Waals surface area contributed by atoms with Crippen molar-refractivity contribution in [1.82, 2.24) is 79.0 Å². The standard InChI is InChI=1S/C100H156N16O20/c1-24-64-52-81(119)85(86(121)61(14)50-82-102-67-38-37-65(51-68(67)103-82)90(125)111-39-25-31-69(111)94(129)112-40-26-32-70(112)95(130)113-41-27-33-71(113)96(131)114-42-28-34-72(114)97(132)115-43-29-35-73(115)98(133)116-44-30-36-74(116)100(135)136)110(23)99(134)84(60(12)13)109(22)93(128)78(48-58(8)9)108(21)92(127)77(47-57(6)7)107(20)88(123)63(16)101-87(122)62(15)49-79(117)76(46-56(4)5)106(19)91(126)66(59(10)11)53-80(118)75(45-55(2)3)105(18)83(120)54-104(17)89(64)124/h37-38,51,55-64,66,69-78,84-86,121H,24-36,39-50,52-54H2,1-23H3,(H,101,122)(H,102,103)(H,135,136)/t61-,62-,63-,64-,66+,69?,70+,71?,72+,73?,74+,75+,76+,77+,78+,84+,85-,86-/m1/s1. The number of carboxylic acids is 1. The van der Waals surface area contributed by atoms with Crippen LogP contribution >= 0.6 is 0 Å². The minimum atomic E-state index is -1.74. The van der Waals surface area contributed by atoms with Crippen LogP contribution in [0, 0.1) is 59.2 Å². The number of aromatic nitrogens is 2. The SMILES string of the molecule is CC[C@@H]1CC(=O)[C@H]([C@H](O)[C@H](C)Cc2nc3ccc(C(=O)N4CCCC4C(=O)N4CCC[C@H]4C(=O)N4CCCC4C(=O)N4CCC[C@H]4C(=O)N4CCCC4C(=O)N4CCC[C@H]4C(=O)O)cc3[nH]2)N(C)C(=O)[C@H](C(C)C)N(C)C(=O)[C@H](CC(C)C)N(C)C(=O)[C@H](CC(C)C)N(C)C(=O)[C@@H](C)NC(=O)[C@H](C)CC(=O)[C@H](CC(C)C)N(C)C(=O)[C@H](C(C)C)CC(=O)[C@H](CC(C)C)N(C)C(=O)CN(C)C1=O. The van der Waals surface area contributed by atoms with Crippen LogP contribution in [0.4, 0.5) is 0 Å². The summed E-state index contributed by atoms with van der Waals surface area (Å²) in [6, 6.07) is -9.57. The Morgan fingerprint density at radius 1 is 0.434 bits per heavy atom. The summed E-state index contributed by atoms with van der Waals surface area (Å²) in [5.74, 6) is -15.9. The van der Waals surface area contributed by atoms with Crippen LogP contribution in [0.2, 0.25) is 0 Å². The maximum Gasteiger partial charge on any atom is 0.326 e. The average Bonchev–Trinajstić information content (AvgIpc) is 1.60. The lowest BCUT2D eigenvalue weighted by Crippen LogP contribution is -2.62. The predicted octanol–water partition coefficient (Wildman–Crippen LogP) is 6.34. The molecule has 0 saturated carbocycles. The summed E-state index contributed by atoms with van der Waals surface area (Å²) in [5, 5.41) is 25.7. The minimum Gasteiger partial charge on any atom is -0.480 e. The van der Waals surface area contributed by atoms with Crippen LogP contribution in [0.1, 0.15) is 255 Å². The van der Waals surface area contributed by atoms with Crippen molar-refractivity contribution < 1.29 is 96.5 Å². The molecule has 7 fully saturated rings. The smallest absolute Gasteiger partial charge is 0.326 e. The Bertz CT molecular complexity index is 4720. The summed E-state index contributed by atoms with van der Waals surface area (Å²) in [6.07, 6.45) is 2.65. The van der Waals surface area contributed by atoms with E-state index >= 15 is 28.8 Å². The van der Waals surface area contributed by atoms with E-state index in [9.17, 15) is 67.7 Å². The number of likely N-dealkylation sites (N-methyl/N-ethyl adjacent to an activating group) is 7. The number of hydrogen-bond donors (Lipinski definition) is 4. The van der Waals surface area contributed by atoms with Crippen LogP contribution in [0.15, 0.2) is 18.2 Å². The fourth-order valence-electron chi connectivity index (χ4n) is 21.6. The van der Waals surface area contributed by atoms with Gasteiger partial charge >= 0.3 is 5.97 Å². The van der Waals surface area contributed by atoms with Crippen LogP contribution in [-0.2, 0) is 87.9 Å². The average molecular weight is 1900 g/mol. The van der Waals surface area contributed by atoms with Crippen molar-refractivity contribution in [3.8, 4) is 0 Å². The number of aliphatic hydroxyl groups is 1. The number of likely N-dealkylation sites (tertiary alicyclic amines) is 6. The molecule has 0 radical (unpaired) electrons. The summed E-state index contributed by atoms with van der Waals surface area (Å²) >= 11 is 0. The molecule has 18 atom stereocenters. The number of benzene rings is 1. The molecule has 9 rings (SSSR count). The van der Waals surface area contributed by atoms with Crippen molar-refractivity contribution in [2.24, 2.45) is 59.2 Å². The highest BCUT2D eigenvalue weighted by atomic mass is 16.4. The fraction of sp³-hybridized carbons (Fsp3) is 0.750. The predicted molar refractivity (Wildman–Crippen MR) is 508 cm³/mol. The number of H-pyrrole nitrogens is 1. The highest BCUT2D eigenvalue weighted by molar-refractivity contribution is 6.04. The molecule has 1 aromatic heterocycles. The molecular formula is C100H156N16O20. The summed E-state index contributed by atoms with van der Waals surface area (Å²) in [7, 11) is 9.98. The number of ketones is 3. The molecule has 0 aliphatic carbocycles. The number of carbonyl (C=O) groups is 18. The Morgan fingerprint density at radius 2 is 0.824 bits per heavy atom. The Kier molecular flexibility index (Phi) is 38.1. The Labute approximate surface area is 802 Å². The van der Waals surface area contributed by atoms with Crippen molar-refractivity contribution in [3.05, 3.63) is 29.6 Å². The molecule has 36 heteroatoms. The molecule has 1 aromatic carbocycles. The molecule has 136 heavy (non-hydrogen) atoms. The van der Waals surface area contributed by atoms with E-state index < -0.39 is 227 Å². The topological polar surface area (TPSA) is 431 Å². The van der Waals surface area contributed by atoms with Gasteiger partial charge in [-0.1, -0.05) is 104 Å². The monoisotopic (exact) mass is 1900 g/mol. The van der Waals surface area contributed by atoms with E-state index in [0.717, 1.165) is 9.80 Å². The summed E-state index contributed by atoms with van der Waals surface area (Å²) in [6.45, 7) is 29.2. The van der Waals surface area contributed by atoms with Gasteiger partial charge in [-0.15, -0.1) is 0 Å². The number of carboxylic acid groups (broad SMARTS) is 1. The van der Waals surface area contributed by atoms with Gasteiger partial charge in [-0.3, -0.25) is 81.5 Å². The number of rotatable bonds is 22. The molecule has 0 bridgehead atoms. The first-order valence-corrected chi connectivity index (χ1v) is 49.8. The number of fused-ring (bicyclic) bond motifs is 1. The van der Waals surface area contributed by atoms with Crippen LogP contribution in [0.25, 0.3) is 11.0 Å². The third kappa shape index (κ3) is 25.0. The lowest BCUT2D eigenvalue weighted by atomic mass is 9.84. The van der Waals surface area contributed by atoms with Crippen LogP contribution in [0.5, 0.6) is 0 Å². The summed E-state index contributed by atoms with van der Waals surface area (Å²) < 4.78 is 0. The maximum absolute atomic E-state index is 15.9. The quantitative estimate of drug-likeness (QED) is 0.0999. The number of nitrogens with zero attached hydrogens (tertiary/aromatic N) is 14. The normalized spacial score (nSPS) is 28.1. The largest absolute Gasteiger partial charge is 0.480 e. The van der Waals surface area contributed by atoms with Gasteiger partial charge in [0.1, 0.15) is 72.3 Å². The van der Waals surface area contributed by atoms with Crippen LogP contribution in [0.3, 0.4) is 0 Å². The van der Waals surface area contributed by atoms with Crippen LogP contribution in [-0.4, -0.2) is 370 Å². The van der Waals surface area contributed by atoms with Crippen molar-refractivity contribution in [1.29, 1.82) is 0 Å². The van der Waals surface area contributed by atoms with Gasteiger partial charge in [0.05, 0.1) is 35.8 Å². The first-order chi connectivity index (χ1) is 63.9. The number of amides is 14. The van der Waals surface area contributed by atoms with E-state index in [1.807, 2.05) is 55.4 Å². The molecule has 7 aliphatic rings. The van der Waals surface area contributed by atoms with E-state index in [0.29, 0.717) is 93.9 Å². The molecule has 7 saturated heterocycles. The molecule has 756 valence electrons. The molecule has 36 nitrogen and oxygen atoms in total. The highest BCUT2D eigenvalue weighted by Gasteiger charge is 2.53. The minimum absolute atomic E-state index is 0.0285. The van der Waals surface area contributed by atoms with Gasteiger partial charge in [0.25, 0.3) is 5.91 Å². The molecule has 8 heterocycles. The van der Waals surface area contributed by atoms with Gasteiger partial charge < -0.3 is 84.2 Å². The molecule has 14 amide bonds. The van der Waals surface area contributed by atoms with Gasteiger partial charge in [-0.25, -0.2) is 9.78 Å². The Balaban J connectivity index is 0.973. The van der Waals surface area contributed by atoms with E-state index in [4.69, 9.17) is 4.98 Å². The van der Waals surface area contributed by atoms with Gasteiger partial charge in [-0.2, -0.15) is 0 Å². The summed E-state index contributed by atoms with van der Waals surface area (Å²) in [4.78, 5) is 292. The maximum atomic E-state index is 15.9. The second kappa shape index (κ2) is 47.4. The van der Waals surface area contributed by atoms with Crippen molar-refractivity contribution in [2.45, 2.75) is 330 Å². The first-order valence-electron chi connectivity index (χ1n) is 49.8. The molecular weight excluding hydrogens is 1750 g/mol. The third-order valence-electron chi connectivity index (χ3n) is 29.5. The lowest BCUT2D eigenvalue weighted by Gasteiger charge is -2.41. The zero-order valence-corrected chi connectivity index (χ0v) is 84.9. The number of aliphatic carboxylic acids is 1. The zero-order valence-electron chi connectivity index (χ0n) is 84.9. The second-order valence-electron chi connectivity index (χ2n) is 42.3. The number of Topliss-reactive ketones (excluding diaryl/α,β-unsaturated/α-hetero) is 3. The number of aliphatic hydroxyl groups excluding tert-OH is 1. The fourth-order valence-corrected chi connectivity index (χ4v) is 21.6. The van der Waals surface area contributed by atoms with Gasteiger partial charge in [-0.05, 0) is 176 Å². The number of hydrogen-bond acceptors (Lipinski definition) is 20. The number of nitrogens with one attached hydrogen (secondary N) is 2. The molecule has 4 N–H and O–H groups in total. The lowest BCUT2D eigenvalue weighted by molar-refractivity contribution is -0.157. The van der Waals surface area contributed by atoms with Gasteiger partial charge in [0.2, 0.25) is 76.8 Å². The number of carbonyl (C=O) groups excluding carboxylic acids is 17. The third-order valence-corrected chi connectivity index (χ3v) is 29.5. The summed E-state index contributed by atoms with van der Waals surface area (Å²) in [5.41, 5.74) is 1.01. The first kappa shape index (κ1) is 109. The van der Waals surface area contributed by atoms with Crippen LogP contribution < -0.4 is 5.32 Å². The molecule has 3 unspecified atom stereocenters. The second-order valence-corrected chi connectivity index (χ2v) is 42.3. The number of imidazole rings is 1. The molecule has 2 aromatic rings. The van der Waals surface area contributed by atoms with E-state index in [1.165, 1.54) is 117 Å². The van der Waals surface area contributed by atoms with Crippen molar-refractivity contribution in [2.75, 3.05) is 95.1 Å². The molecule has 0 spiro atoms. The Morgan fingerprint density at radius 3 is 1.26 bits per heavy atom. The Hall–Kier alpha value is -10.3. The van der Waals surface area contributed by atoms with Gasteiger partial charge in [0, 0.05) is 138 Å². The van der Waals surface area contributed by atoms with Crippen molar-refractivity contribution in [3.63, 3.8) is 0 Å². The van der Waals surface area contributed by atoms with E-state index in [1.54, 1.807) is 59.7 Å².